The summed E-state index contributed by atoms with van der Waals surface area (Å²) in [6.07, 6.45) is 7.44. The van der Waals surface area contributed by atoms with E-state index in [0.717, 1.165) is 25.7 Å². The van der Waals surface area contributed by atoms with E-state index in [1.807, 2.05) is 0 Å². The number of hydrogen-bond donors (Lipinski definition) is 1. The number of nitrogens with one attached hydrogen (secondary N) is 1. The van der Waals surface area contributed by atoms with Crippen molar-refractivity contribution >= 4 is 15.9 Å². The molecule has 1 aromatic rings. The lowest BCUT2D eigenvalue weighted by Gasteiger charge is -2.31. The van der Waals surface area contributed by atoms with E-state index in [1.165, 1.54) is 17.1 Å². The third-order valence-electron chi connectivity index (χ3n) is 5.41. The SMILES string of the molecule is O=C(NCCCOC1CCCC1)[C@@H]1CCCN(S(=O)(=O)c2ccccc2)C1. The number of sulfonamides is 1. The van der Waals surface area contributed by atoms with E-state index in [1.54, 1.807) is 30.3 Å². The van der Waals surface area contributed by atoms with E-state index >= 15 is 0 Å². The molecule has 1 aliphatic heterocycles. The summed E-state index contributed by atoms with van der Waals surface area (Å²) in [7, 11) is -3.53. The summed E-state index contributed by atoms with van der Waals surface area (Å²) in [5.41, 5.74) is 0. The molecule has 0 bridgehead atoms. The zero-order valence-corrected chi connectivity index (χ0v) is 16.6. The number of ether oxygens (including phenoxy) is 1. The summed E-state index contributed by atoms with van der Waals surface area (Å²) in [4.78, 5) is 12.7. The van der Waals surface area contributed by atoms with Crippen molar-refractivity contribution in [2.45, 2.75) is 55.9 Å². The summed E-state index contributed by atoms with van der Waals surface area (Å²) in [6, 6.07) is 8.43. The van der Waals surface area contributed by atoms with E-state index in [9.17, 15) is 13.2 Å². The summed E-state index contributed by atoms with van der Waals surface area (Å²) < 4.78 is 32.8. The molecule has 1 saturated heterocycles. The monoisotopic (exact) mass is 394 g/mol. The van der Waals surface area contributed by atoms with Crippen LogP contribution in [0.1, 0.15) is 44.9 Å². The van der Waals surface area contributed by atoms with Crippen LogP contribution in [0.2, 0.25) is 0 Å². The molecule has 3 rings (SSSR count). The van der Waals surface area contributed by atoms with Crippen molar-refractivity contribution in [1.82, 2.24) is 9.62 Å². The second kappa shape index (κ2) is 9.66. The maximum absolute atomic E-state index is 12.8. The normalized spacial score (nSPS) is 22.0. The molecule has 2 aliphatic rings. The van der Waals surface area contributed by atoms with Gasteiger partial charge in [-0.05, 0) is 44.2 Å². The molecular formula is C20H30N2O4S. The third-order valence-corrected chi connectivity index (χ3v) is 7.29. The second-order valence-electron chi connectivity index (χ2n) is 7.44. The Bertz CT molecular complexity index is 702. The maximum Gasteiger partial charge on any atom is 0.243 e. The molecule has 1 N–H and O–H groups in total. The zero-order chi connectivity index (χ0) is 19.1. The molecule has 150 valence electrons. The minimum Gasteiger partial charge on any atom is -0.378 e. The van der Waals surface area contributed by atoms with Crippen LogP contribution in [0.25, 0.3) is 0 Å². The summed E-state index contributed by atoms with van der Waals surface area (Å²) in [6.45, 7) is 1.97. The molecule has 1 aliphatic carbocycles. The van der Waals surface area contributed by atoms with E-state index in [0.29, 0.717) is 32.2 Å². The van der Waals surface area contributed by atoms with Gasteiger partial charge in [0.2, 0.25) is 15.9 Å². The van der Waals surface area contributed by atoms with E-state index in [-0.39, 0.29) is 23.3 Å². The Kier molecular flexibility index (Phi) is 7.26. The highest BCUT2D eigenvalue weighted by Crippen LogP contribution is 2.24. The van der Waals surface area contributed by atoms with Crippen LogP contribution in [0, 0.1) is 5.92 Å². The van der Waals surface area contributed by atoms with Gasteiger partial charge < -0.3 is 10.1 Å². The van der Waals surface area contributed by atoms with Crippen molar-refractivity contribution in [1.29, 1.82) is 0 Å². The summed E-state index contributed by atoms with van der Waals surface area (Å²) in [5, 5.41) is 2.95. The van der Waals surface area contributed by atoms with Gasteiger partial charge in [0.25, 0.3) is 0 Å². The van der Waals surface area contributed by atoms with Crippen LogP contribution in [-0.4, -0.2) is 51.0 Å². The molecule has 0 radical (unpaired) electrons. The van der Waals surface area contributed by atoms with Crippen molar-refractivity contribution in [2.75, 3.05) is 26.2 Å². The number of nitrogens with zero attached hydrogens (tertiary/aromatic N) is 1. The quantitative estimate of drug-likeness (QED) is 0.688. The Morgan fingerprint density at radius 1 is 1.11 bits per heavy atom. The lowest BCUT2D eigenvalue weighted by atomic mass is 9.99. The van der Waals surface area contributed by atoms with Crippen molar-refractivity contribution in [3.8, 4) is 0 Å². The number of amides is 1. The fourth-order valence-corrected chi connectivity index (χ4v) is 5.39. The van der Waals surface area contributed by atoms with Gasteiger partial charge in [0.1, 0.15) is 0 Å². The van der Waals surface area contributed by atoms with Crippen LogP contribution in [0.4, 0.5) is 0 Å². The Morgan fingerprint density at radius 3 is 2.59 bits per heavy atom. The number of carbonyl (C=O) groups is 1. The third kappa shape index (κ3) is 5.53. The molecule has 27 heavy (non-hydrogen) atoms. The standard InChI is InChI=1S/C20H30N2O4S/c23-20(21-13-7-15-26-18-9-4-5-10-18)17-8-6-14-22(16-17)27(24,25)19-11-2-1-3-12-19/h1-3,11-12,17-18H,4-10,13-16H2,(H,21,23)/t17-/m1/s1. The maximum atomic E-state index is 12.8. The van der Waals surface area contributed by atoms with Gasteiger partial charge in [0, 0.05) is 26.2 Å². The van der Waals surface area contributed by atoms with Crippen LogP contribution in [0.15, 0.2) is 35.2 Å². The van der Waals surface area contributed by atoms with Crippen LogP contribution in [0.3, 0.4) is 0 Å². The van der Waals surface area contributed by atoms with Crippen molar-refractivity contribution in [2.24, 2.45) is 5.92 Å². The number of benzene rings is 1. The average molecular weight is 395 g/mol. The van der Waals surface area contributed by atoms with Gasteiger partial charge in [-0.25, -0.2) is 8.42 Å². The van der Waals surface area contributed by atoms with E-state index in [2.05, 4.69) is 5.32 Å². The number of carbonyl (C=O) groups excluding carboxylic acids is 1. The molecule has 0 aromatic heterocycles. The Morgan fingerprint density at radius 2 is 1.85 bits per heavy atom. The zero-order valence-electron chi connectivity index (χ0n) is 15.8. The molecule has 0 unspecified atom stereocenters. The summed E-state index contributed by atoms with van der Waals surface area (Å²) in [5.74, 6) is -0.336. The first-order valence-corrected chi connectivity index (χ1v) is 11.5. The van der Waals surface area contributed by atoms with Crippen molar-refractivity contribution < 1.29 is 17.9 Å². The highest BCUT2D eigenvalue weighted by Gasteiger charge is 2.33. The van der Waals surface area contributed by atoms with Crippen LogP contribution >= 0.6 is 0 Å². The first kappa shape index (κ1) is 20.3. The highest BCUT2D eigenvalue weighted by molar-refractivity contribution is 7.89. The molecule has 7 heteroatoms. The number of hydrogen-bond acceptors (Lipinski definition) is 4. The minimum atomic E-state index is -3.53. The lowest BCUT2D eigenvalue weighted by Crippen LogP contribution is -2.45. The van der Waals surface area contributed by atoms with Gasteiger partial charge in [-0.2, -0.15) is 4.31 Å². The predicted molar refractivity (Wildman–Crippen MR) is 104 cm³/mol. The van der Waals surface area contributed by atoms with Crippen LogP contribution < -0.4 is 5.32 Å². The fourth-order valence-electron chi connectivity index (χ4n) is 3.85. The van der Waals surface area contributed by atoms with Gasteiger partial charge >= 0.3 is 0 Å². The van der Waals surface area contributed by atoms with Gasteiger partial charge in [-0.15, -0.1) is 0 Å². The second-order valence-corrected chi connectivity index (χ2v) is 9.38. The highest BCUT2D eigenvalue weighted by atomic mass is 32.2. The Balaban J connectivity index is 1.43. The summed E-state index contributed by atoms with van der Waals surface area (Å²) >= 11 is 0. The van der Waals surface area contributed by atoms with Gasteiger partial charge in [-0.3, -0.25) is 4.79 Å². The first-order valence-electron chi connectivity index (χ1n) is 10.0. The van der Waals surface area contributed by atoms with Gasteiger partial charge in [0.05, 0.1) is 16.9 Å². The van der Waals surface area contributed by atoms with Crippen LogP contribution in [0.5, 0.6) is 0 Å². The lowest BCUT2D eigenvalue weighted by molar-refractivity contribution is -0.126. The molecular weight excluding hydrogens is 364 g/mol. The average Bonchev–Trinajstić information content (AvgIpc) is 3.22. The Hall–Kier alpha value is -1.44. The molecule has 0 spiro atoms. The van der Waals surface area contributed by atoms with E-state index < -0.39 is 10.0 Å². The van der Waals surface area contributed by atoms with Crippen LogP contribution in [-0.2, 0) is 19.6 Å². The van der Waals surface area contributed by atoms with Crippen molar-refractivity contribution in [3.05, 3.63) is 30.3 Å². The molecule has 1 saturated carbocycles. The first-order chi connectivity index (χ1) is 13.1. The fraction of sp³-hybridized carbons (Fsp3) is 0.650. The van der Waals surface area contributed by atoms with Gasteiger partial charge in [-0.1, -0.05) is 31.0 Å². The Labute approximate surface area is 162 Å². The smallest absolute Gasteiger partial charge is 0.243 e. The van der Waals surface area contributed by atoms with Gasteiger partial charge in [0.15, 0.2) is 0 Å². The molecule has 1 heterocycles. The molecule has 1 aromatic carbocycles. The number of piperidine rings is 1. The predicted octanol–water partition coefficient (Wildman–Crippen LogP) is 2.55. The van der Waals surface area contributed by atoms with Crippen molar-refractivity contribution in [3.63, 3.8) is 0 Å². The molecule has 2 fully saturated rings. The number of rotatable bonds is 8. The molecule has 6 nitrogen and oxygen atoms in total. The topological polar surface area (TPSA) is 75.7 Å². The largest absolute Gasteiger partial charge is 0.378 e. The van der Waals surface area contributed by atoms with E-state index in [4.69, 9.17) is 4.74 Å². The molecule has 1 amide bonds. The minimum absolute atomic E-state index is 0.0520. The molecule has 1 atom stereocenters.